The van der Waals surface area contributed by atoms with Crippen LogP contribution in [0.2, 0.25) is 0 Å². The standard InChI is InChI=1S/C25H27F2N5OS/c1-31-12-14-32(15-13-31)23-11-6-18(16-28-23)17-29-24(33)21-4-2-3-5-22(21)30-19-7-9-20(10-8-19)34-25(26)27/h2-11,16,25,30H,12-15,17H2,1H3,(H,29,33). The maximum atomic E-state index is 12.9. The number of nitrogens with one attached hydrogen (secondary N) is 2. The van der Waals surface area contributed by atoms with E-state index in [1.807, 2.05) is 24.3 Å². The molecule has 1 saturated heterocycles. The average molecular weight is 484 g/mol. The van der Waals surface area contributed by atoms with E-state index in [1.165, 1.54) is 0 Å². The Balaban J connectivity index is 1.35. The fourth-order valence-corrected chi connectivity index (χ4v) is 4.19. The Morgan fingerprint density at radius 2 is 1.76 bits per heavy atom. The molecule has 0 atom stereocenters. The first-order valence-electron chi connectivity index (χ1n) is 11.1. The van der Waals surface area contributed by atoms with Crippen molar-refractivity contribution in [2.45, 2.75) is 17.2 Å². The summed E-state index contributed by atoms with van der Waals surface area (Å²) in [6.45, 7) is 4.31. The van der Waals surface area contributed by atoms with Gasteiger partial charge in [-0.3, -0.25) is 4.79 Å². The van der Waals surface area contributed by atoms with Crippen molar-refractivity contribution in [3.05, 3.63) is 78.0 Å². The summed E-state index contributed by atoms with van der Waals surface area (Å²) < 4.78 is 25.0. The molecule has 1 fully saturated rings. The van der Waals surface area contributed by atoms with Crippen LogP contribution in [-0.4, -0.2) is 54.8 Å². The third-order valence-corrected chi connectivity index (χ3v) is 6.34. The van der Waals surface area contributed by atoms with E-state index >= 15 is 0 Å². The smallest absolute Gasteiger partial charge is 0.288 e. The minimum Gasteiger partial charge on any atom is -0.355 e. The lowest BCUT2D eigenvalue weighted by molar-refractivity contribution is 0.0951. The van der Waals surface area contributed by atoms with Crippen LogP contribution in [0, 0.1) is 0 Å². The average Bonchev–Trinajstić information content (AvgIpc) is 2.85. The molecule has 0 radical (unpaired) electrons. The Hall–Kier alpha value is -3.17. The van der Waals surface area contributed by atoms with Crippen molar-refractivity contribution in [1.82, 2.24) is 15.2 Å². The maximum absolute atomic E-state index is 12.9. The van der Waals surface area contributed by atoms with Crippen molar-refractivity contribution in [2.75, 3.05) is 43.4 Å². The molecule has 1 amide bonds. The zero-order valence-electron chi connectivity index (χ0n) is 18.9. The number of piperazine rings is 1. The Labute approximate surface area is 202 Å². The van der Waals surface area contributed by atoms with Crippen molar-refractivity contribution >= 4 is 34.9 Å². The molecule has 4 rings (SSSR count). The molecular formula is C25H27F2N5OS. The molecule has 178 valence electrons. The molecule has 1 aliphatic heterocycles. The number of benzene rings is 2. The van der Waals surface area contributed by atoms with Gasteiger partial charge in [0.05, 0.1) is 11.3 Å². The summed E-state index contributed by atoms with van der Waals surface area (Å²) in [6, 6.07) is 17.9. The molecule has 2 heterocycles. The highest BCUT2D eigenvalue weighted by molar-refractivity contribution is 7.99. The molecule has 1 aromatic heterocycles. The summed E-state index contributed by atoms with van der Waals surface area (Å²) in [7, 11) is 2.12. The number of halogens is 2. The number of thioether (sulfide) groups is 1. The highest BCUT2D eigenvalue weighted by Crippen LogP contribution is 2.28. The lowest BCUT2D eigenvalue weighted by Gasteiger charge is -2.33. The monoisotopic (exact) mass is 483 g/mol. The lowest BCUT2D eigenvalue weighted by Crippen LogP contribution is -2.44. The number of aromatic nitrogens is 1. The quantitative estimate of drug-likeness (QED) is 0.448. The van der Waals surface area contributed by atoms with Crippen molar-refractivity contribution in [3.8, 4) is 0 Å². The number of anilines is 3. The van der Waals surface area contributed by atoms with E-state index in [1.54, 1.807) is 42.6 Å². The van der Waals surface area contributed by atoms with Crippen LogP contribution in [0.25, 0.3) is 0 Å². The van der Waals surface area contributed by atoms with Gasteiger partial charge >= 0.3 is 0 Å². The molecule has 6 nitrogen and oxygen atoms in total. The fraction of sp³-hybridized carbons (Fsp3) is 0.280. The molecule has 3 aromatic rings. The minimum absolute atomic E-state index is 0.212. The highest BCUT2D eigenvalue weighted by Gasteiger charge is 2.15. The number of para-hydroxylation sites is 1. The summed E-state index contributed by atoms with van der Waals surface area (Å²) >= 11 is 0.500. The second-order valence-electron chi connectivity index (χ2n) is 8.07. The van der Waals surface area contributed by atoms with Gasteiger partial charge in [-0.1, -0.05) is 30.0 Å². The van der Waals surface area contributed by atoms with Crippen molar-refractivity contribution in [1.29, 1.82) is 0 Å². The van der Waals surface area contributed by atoms with Gasteiger partial charge < -0.3 is 20.4 Å². The number of alkyl halides is 2. The number of hydrogen-bond donors (Lipinski definition) is 2. The van der Waals surface area contributed by atoms with Gasteiger partial charge in [-0.2, -0.15) is 8.78 Å². The SMILES string of the molecule is CN1CCN(c2ccc(CNC(=O)c3ccccc3Nc3ccc(SC(F)F)cc3)cn2)CC1. The van der Waals surface area contributed by atoms with Gasteiger partial charge in [0, 0.05) is 49.5 Å². The number of hydrogen-bond acceptors (Lipinski definition) is 6. The third-order valence-electron chi connectivity index (χ3n) is 5.62. The first-order chi connectivity index (χ1) is 16.5. The number of amides is 1. The summed E-state index contributed by atoms with van der Waals surface area (Å²) in [4.78, 5) is 22.5. The molecule has 34 heavy (non-hydrogen) atoms. The second kappa shape index (κ2) is 11.3. The normalized spacial score (nSPS) is 14.3. The summed E-state index contributed by atoms with van der Waals surface area (Å²) in [5.74, 6) is -1.71. The zero-order valence-corrected chi connectivity index (χ0v) is 19.7. The molecule has 2 aromatic carbocycles. The maximum Gasteiger partial charge on any atom is 0.288 e. The van der Waals surface area contributed by atoms with E-state index in [2.05, 4.69) is 32.5 Å². The first-order valence-corrected chi connectivity index (χ1v) is 11.9. The van der Waals surface area contributed by atoms with E-state index in [0.29, 0.717) is 40.1 Å². The topological polar surface area (TPSA) is 60.5 Å². The van der Waals surface area contributed by atoms with Crippen molar-refractivity contribution < 1.29 is 13.6 Å². The molecule has 0 bridgehead atoms. The van der Waals surface area contributed by atoms with Crippen LogP contribution < -0.4 is 15.5 Å². The van der Waals surface area contributed by atoms with Gasteiger partial charge in [0.2, 0.25) is 0 Å². The van der Waals surface area contributed by atoms with Gasteiger partial charge in [-0.05, 0) is 55.1 Å². The zero-order chi connectivity index (χ0) is 23.9. The minimum atomic E-state index is -2.46. The fourth-order valence-electron chi connectivity index (χ4n) is 3.69. The van der Waals surface area contributed by atoms with Crippen LogP contribution in [0.15, 0.2) is 71.8 Å². The molecule has 1 aliphatic rings. The van der Waals surface area contributed by atoms with E-state index in [4.69, 9.17) is 0 Å². The van der Waals surface area contributed by atoms with Gasteiger partial charge in [0.15, 0.2) is 0 Å². The Morgan fingerprint density at radius 1 is 1.03 bits per heavy atom. The second-order valence-corrected chi connectivity index (χ2v) is 9.13. The predicted molar refractivity (Wildman–Crippen MR) is 133 cm³/mol. The van der Waals surface area contributed by atoms with Gasteiger partial charge in [0.1, 0.15) is 5.82 Å². The van der Waals surface area contributed by atoms with Crippen LogP contribution in [-0.2, 0) is 6.54 Å². The molecule has 2 N–H and O–H groups in total. The molecule has 0 spiro atoms. The lowest BCUT2D eigenvalue weighted by atomic mass is 10.1. The Kier molecular flexibility index (Phi) is 7.97. The predicted octanol–water partition coefficient (Wildman–Crippen LogP) is 4.82. The van der Waals surface area contributed by atoms with Crippen molar-refractivity contribution in [2.24, 2.45) is 0 Å². The van der Waals surface area contributed by atoms with Crippen LogP contribution in [0.3, 0.4) is 0 Å². The number of carbonyl (C=O) groups excluding carboxylic acids is 1. The number of pyridine rings is 1. The Bertz CT molecular complexity index is 1090. The molecule has 9 heteroatoms. The van der Waals surface area contributed by atoms with E-state index in [0.717, 1.165) is 37.6 Å². The number of nitrogens with zero attached hydrogens (tertiary/aromatic N) is 3. The molecular weight excluding hydrogens is 456 g/mol. The number of carbonyl (C=O) groups is 1. The van der Waals surface area contributed by atoms with Crippen LogP contribution >= 0.6 is 11.8 Å². The van der Waals surface area contributed by atoms with E-state index in [-0.39, 0.29) is 5.91 Å². The largest absolute Gasteiger partial charge is 0.355 e. The summed E-state index contributed by atoms with van der Waals surface area (Å²) in [6.07, 6.45) is 1.80. The molecule has 0 saturated carbocycles. The summed E-state index contributed by atoms with van der Waals surface area (Å²) in [5, 5.41) is 6.15. The van der Waals surface area contributed by atoms with Gasteiger partial charge in [-0.15, -0.1) is 0 Å². The number of rotatable bonds is 8. The number of likely N-dealkylation sites (N-methyl/N-ethyl adjacent to an activating group) is 1. The first kappa shape index (κ1) is 24.0. The third kappa shape index (κ3) is 6.45. The van der Waals surface area contributed by atoms with E-state index < -0.39 is 5.76 Å². The van der Waals surface area contributed by atoms with Crippen LogP contribution in [0.5, 0.6) is 0 Å². The van der Waals surface area contributed by atoms with Gasteiger partial charge in [-0.25, -0.2) is 4.98 Å². The Morgan fingerprint density at radius 3 is 2.44 bits per heavy atom. The van der Waals surface area contributed by atoms with E-state index in [9.17, 15) is 13.6 Å². The highest BCUT2D eigenvalue weighted by atomic mass is 32.2. The van der Waals surface area contributed by atoms with Gasteiger partial charge in [0.25, 0.3) is 11.7 Å². The van der Waals surface area contributed by atoms with Crippen LogP contribution in [0.4, 0.5) is 26.0 Å². The van der Waals surface area contributed by atoms with Crippen molar-refractivity contribution in [3.63, 3.8) is 0 Å². The molecule has 0 aliphatic carbocycles. The summed E-state index contributed by atoms with van der Waals surface area (Å²) in [5.41, 5.74) is 2.76. The van der Waals surface area contributed by atoms with Crippen LogP contribution in [0.1, 0.15) is 15.9 Å². The molecule has 0 unspecified atom stereocenters.